The second-order valence-electron chi connectivity index (χ2n) is 7.02. The molecule has 2 aromatic carbocycles. The maximum atomic E-state index is 13.3. The van der Waals surface area contributed by atoms with Crippen molar-refractivity contribution in [2.45, 2.75) is 24.9 Å². The van der Waals surface area contributed by atoms with Crippen LogP contribution in [0.15, 0.2) is 71.9 Å². The average Bonchev–Trinajstić information content (AvgIpc) is 3.17. The van der Waals surface area contributed by atoms with Gasteiger partial charge in [-0.3, -0.25) is 4.79 Å². The van der Waals surface area contributed by atoms with E-state index < -0.39 is 0 Å². The van der Waals surface area contributed by atoms with Crippen molar-refractivity contribution in [3.8, 4) is 11.1 Å². The molecule has 30 heavy (non-hydrogen) atoms. The summed E-state index contributed by atoms with van der Waals surface area (Å²) in [6, 6.07) is 18.0. The maximum Gasteiger partial charge on any atom is 0.230 e. The van der Waals surface area contributed by atoms with E-state index in [0.29, 0.717) is 5.65 Å². The van der Waals surface area contributed by atoms with Gasteiger partial charge in [0.2, 0.25) is 5.91 Å². The smallest absolute Gasteiger partial charge is 0.230 e. The fourth-order valence-electron chi connectivity index (χ4n) is 3.23. The van der Waals surface area contributed by atoms with Crippen LogP contribution in [0.25, 0.3) is 16.8 Å². The zero-order valence-electron chi connectivity index (χ0n) is 16.7. The summed E-state index contributed by atoms with van der Waals surface area (Å²) in [6.45, 7) is 3.87. The van der Waals surface area contributed by atoms with Gasteiger partial charge in [0.1, 0.15) is 10.8 Å². The molecule has 0 spiro atoms. The van der Waals surface area contributed by atoms with E-state index in [1.54, 1.807) is 22.8 Å². The fraction of sp³-hybridized carbons (Fsp3) is 0.174. The number of hydrogen-bond acceptors (Lipinski definition) is 4. The largest absolute Gasteiger partial charge is 0.349 e. The molecule has 0 aliphatic carbocycles. The van der Waals surface area contributed by atoms with Crippen molar-refractivity contribution in [2.75, 3.05) is 5.75 Å². The Morgan fingerprint density at radius 1 is 1.17 bits per heavy atom. The second kappa shape index (κ2) is 8.67. The highest BCUT2D eigenvalue weighted by Gasteiger charge is 2.15. The number of hydrogen-bond donors (Lipinski definition) is 1. The number of carbonyl (C=O) groups excluding carboxylic acids is 1. The second-order valence-corrected chi connectivity index (χ2v) is 8.02. The lowest BCUT2D eigenvalue weighted by atomic mass is 10.1. The van der Waals surface area contributed by atoms with Gasteiger partial charge in [-0.25, -0.2) is 13.9 Å². The number of thioether (sulfide) groups is 1. The number of nitrogens with one attached hydrogen (secondary N) is 1. The summed E-state index contributed by atoms with van der Waals surface area (Å²) < 4.78 is 15.0. The third-order valence-corrected chi connectivity index (χ3v) is 5.74. The molecule has 0 bridgehead atoms. The first-order valence-corrected chi connectivity index (χ1v) is 10.6. The molecule has 0 unspecified atom stereocenters. The topological polar surface area (TPSA) is 59.3 Å². The molecule has 5 nitrogen and oxygen atoms in total. The number of halogens is 1. The summed E-state index contributed by atoms with van der Waals surface area (Å²) in [5, 5.41) is 8.30. The number of aromatic nitrogens is 3. The van der Waals surface area contributed by atoms with E-state index in [4.69, 9.17) is 0 Å². The van der Waals surface area contributed by atoms with Gasteiger partial charge in [-0.2, -0.15) is 5.10 Å². The molecule has 0 aliphatic heterocycles. The van der Waals surface area contributed by atoms with E-state index in [-0.39, 0.29) is 23.5 Å². The van der Waals surface area contributed by atoms with E-state index in [1.807, 2.05) is 50.2 Å². The Bertz CT molecular complexity index is 1180. The first-order valence-electron chi connectivity index (χ1n) is 9.59. The normalized spacial score (nSPS) is 12.1. The number of carbonyl (C=O) groups is 1. The molecule has 1 atom stereocenters. The molecule has 1 N–H and O–H groups in total. The Hall–Kier alpha value is -3.19. The van der Waals surface area contributed by atoms with Gasteiger partial charge in [-0.1, -0.05) is 54.2 Å². The number of nitrogens with zero attached hydrogens (tertiary/aromatic N) is 3. The number of rotatable bonds is 6. The van der Waals surface area contributed by atoms with Crippen LogP contribution in [-0.4, -0.2) is 26.3 Å². The van der Waals surface area contributed by atoms with Gasteiger partial charge in [0, 0.05) is 11.3 Å². The highest BCUT2D eigenvalue weighted by molar-refractivity contribution is 7.99. The quantitative estimate of drug-likeness (QED) is 0.359. The summed E-state index contributed by atoms with van der Waals surface area (Å²) in [5.74, 6) is -0.0715. The fourth-order valence-corrected chi connectivity index (χ4v) is 4.11. The third kappa shape index (κ3) is 4.36. The van der Waals surface area contributed by atoms with E-state index >= 15 is 0 Å². The maximum absolute atomic E-state index is 13.3. The van der Waals surface area contributed by atoms with Crippen LogP contribution in [-0.2, 0) is 4.79 Å². The van der Waals surface area contributed by atoms with Gasteiger partial charge in [0.15, 0.2) is 5.65 Å². The minimum Gasteiger partial charge on any atom is -0.349 e. The molecule has 2 heterocycles. The Morgan fingerprint density at radius 2 is 1.90 bits per heavy atom. The Labute approximate surface area is 178 Å². The third-order valence-electron chi connectivity index (χ3n) is 4.75. The van der Waals surface area contributed by atoms with Crippen LogP contribution in [0.1, 0.15) is 24.2 Å². The van der Waals surface area contributed by atoms with Crippen molar-refractivity contribution in [1.82, 2.24) is 19.9 Å². The number of aryl methyl sites for hydroxylation is 1. The van der Waals surface area contributed by atoms with Crippen molar-refractivity contribution in [1.29, 1.82) is 0 Å². The molecule has 4 aromatic rings. The van der Waals surface area contributed by atoms with Crippen LogP contribution in [0.2, 0.25) is 0 Å². The van der Waals surface area contributed by atoms with Crippen LogP contribution in [0.3, 0.4) is 0 Å². The number of benzene rings is 2. The summed E-state index contributed by atoms with van der Waals surface area (Å²) in [4.78, 5) is 17.1. The van der Waals surface area contributed by atoms with Crippen LogP contribution in [0, 0.1) is 12.7 Å². The highest BCUT2D eigenvalue weighted by Crippen LogP contribution is 2.28. The van der Waals surface area contributed by atoms with Gasteiger partial charge < -0.3 is 5.32 Å². The molecule has 0 aliphatic rings. The summed E-state index contributed by atoms with van der Waals surface area (Å²) in [5.41, 5.74) is 4.24. The Morgan fingerprint density at radius 3 is 2.63 bits per heavy atom. The van der Waals surface area contributed by atoms with Crippen molar-refractivity contribution in [3.05, 3.63) is 83.9 Å². The average molecular weight is 421 g/mol. The molecule has 0 saturated carbocycles. The van der Waals surface area contributed by atoms with Gasteiger partial charge in [0.05, 0.1) is 18.0 Å². The molecule has 4 rings (SSSR count). The van der Waals surface area contributed by atoms with Crippen molar-refractivity contribution < 1.29 is 9.18 Å². The van der Waals surface area contributed by atoms with E-state index in [0.717, 1.165) is 27.4 Å². The minimum atomic E-state index is -0.286. The monoisotopic (exact) mass is 420 g/mol. The SMILES string of the molecule is Cc1cc(SCC(=O)N[C@H](C)c2ccccc2)n2ncc(-c3ccc(F)cc3)c2n1. The van der Waals surface area contributed by atoms with E-state index in [2.05, 4.69) is 15.4 Å². The molecule has 2 aromatic heterocycles. The van der Waals surface area contributed by atoms with Gasteiger partial charge >= 0.3 is 0 Å². The predicted molar refractivity (Wildman–Crippen MR) is 117 cm³/mol. The van der Waals surface area contributed by atoms with Crippen molar-refractivity contribution in [3.63, 3.8) is 0 Å². The molecule has 7 heteroatoms. The predicted octanol–water partition coefficient (Wildman–Crippen LogP) is 4.81. The number of amides is 1. The zero-order valence-corrected chi connectivity index (χ0v) is 17.5. The summed E-state index contributed by atoms with van der Waals surface area (Å²) in [6.07, 6.45) is 1.72. The molecule has 152 valence electrons. The van der Waals surface area contributed by atoms with Gasteiger partial charge in [-0.15, -0.1) is 0 Å². The van der Waals surface area contributed by atoms with Crippen LogP contribution < -0.4 is 5.32 Å². The number of fused-ring (bicyclic) bond motifs is 1. The standard InChI is InChI=1S/C23H21FN4OS/c1-15-12-22(30-14-21(29)27-16(2)17-6-4-3-5-7-17)28-23(26-15)20(13-25-28)18-8-10-19(24)11-9-18/h3-13,16H,14H2,1-2H3,(H,27,29)/t16-/m1/s1. The van der Waals surface area contributed by atoms with Crippen LogP contribution >= 0.6 is 11.8 Å². The van der Waals surface area contributed by atoms with E-state index in [9.17, 15) is 9.18 Å². The lowest BCUT2D eigenvalue weighted by Crippen LogP contribution is -2.28. The molecular formula is C23H21FN4OS. The molecule has 0 fully saturated rings. The Balaban J connectivity index is 1.52. The lowest BCUT2D eigenvalue weighted by Gasteiger charge is -2.14. The highest BCUT2D eigenvalue weighted by atomic mass is 32.2. The first-order chi connectivity index (χ1) is 14.5. The van der Waals surface area contributed by atoms with Gasteiger partial charge in [0.25, 0.3) is 0 Å². The minimum absolute atomic E-state index is 0.0510. The first kappa shape index (κ1) is 20.1. The zero-order chi connectivity index (χ0) is 21.1. The summed E-state index contributed by atoms with van der Waals surface area (Å²) in [7, 11) is 0. The van der Waals surface area contributed by atoms with E-state index in [1.165, 1.54) is 23.9 Å². The van der Waals surface area contributed by atoms with Crippen LogP contribution in [0.5, 0.6) is 0 Å². The molecule has 0 radical (unpaired) electrons. The van der Waals surface area contributed by atoms with Gasteiger partial charge in [-0.05, 0) is 43.2 Å². The Kier molecular flexibility index (Phi) is 5.81. The molecule has 0 saturated heterocycles. The van der Waals surface area contributed by atoms with Crippen LogP contribution in [0.4, 0.5) is 4.39 Å². The summed E-state index contributed by atoms with van der Waals surface area (Å²) >= 11 is 1.41. The molecule has 1 amide bonds. The lowest BCUT2D eigenvalue weighted by molar-refractivity contribution is -0.119. The molecular weight excluding hydrogens is 399 g/mol. The van der Waals surface area contributed by atoms with Crippen molar-refractivity contribution >= 4 is 23.3 Å². The van der Waals surface area contributed by atoms with Crippen molar-refractivity contribution in [2.24, 2.45) is 0 Å².